The molecule has 2 rings (SSSR count). The van der Waals surface area contributed by atoms with Crippen LogP contribution in [0.15, 0.2) is 0 Å². The number of carboxylic acid groups (broad SMARTS) is 1. The van der Waals surface area contributed by atoms with Crippen molar-refractivity contribution in [2.75, 3.05) is 19.7 Å². The maximum absolute atomic E-state index is 12.3. The summed E-state index contributed by atoms with van der Waals surface area (Å²) in [6, 6.07) is 0. The molecule has 108 valence electrons. The Balaban J connectivity index is 2.05. The molecule has 1 saturated heterocycles. The minimum atomic E-state index is -0.852. The number of amides is 1. The number of piperidine rings is 1. The van der Waals surface area contributed by atoms with Gasteiger partial charge >= 0.3 is 12.1 Å². The van der Waals surface area contributed by atoms with Crippen molar-refractivity contribution in [2.24, 2.45) is 11.3 Å². The molecule has 1 amide bonds. The lowest BCUT2D eigenvalue weighted by atomic mass is 9.69. The first-order chi connectivity index (χ1) is 9.10. The normalized spacial score (nSPS) is 23.3. The third-order valence-corrected chi connectivity index (χ3v) is 4.72. The van der Waals surface area contributed by atoms with E-state index in [4.69, 9.17) is 9.84 Å². The van der Waals surface area contributed by atoms with Gasteiger partial charge in [-0.25, -0.2) is 4.79 Å². The number of ether oxygens (including phenoxy) is 1. The fourth-order valence-corrected chi connectivity index (χ4v) is 3.68. The van der Waals surface area contributed by atoms with Crippen LogP contribution in [0.1, 0.15) is 45.4 Å². The van der Waals surface area contributed by atoms with Crippen molar-refractivity contribution in [2.45, 2.75) is 45.4 Å². The van der Waals surface area contributed by atoms with Crippen molar-refractivity contribution in [3.8, 4) is 0 Å². The van der Waals surface area contributed by atoms with Crippen molar-refractivity contribution >= 4 is 12.1 Å². The number of esters is 1. The van der Waals surface area contributed by atoms with Crippen molar-refractivity contribution in [3.05, 3.63) is 0 Å². The Labute approximate surface area is 113 Å². The van der Waals surface area contributed by atoms with Crippen LogP contribution in [0.25, 0.3) is 0 Å². The van der Waals surface area contributed by atoms with Crippen LogP contribution in [0.3, 0.4) is 0 Å². The summed E-state index contributed by atoms with van der Waals surface area (Å²) in [5, 5.41) is 8.98. The highest BCUT2D eigenvalue weighted by molar-refractivity contribution is 5.77. The van der Waals surface area contributed by atoms with Gasteiger partial charge < -0.3 is 14.7 Å². The molecule has 2 fully saturated rings. The number of hydrogen-bond acceptors (Lipinski definition) is 3. The van der Waals surface area contributed by atoms with Crippen LogP contribution in [0, 0.1) is 11.3 Å². The molecular weight excluding hydrogens is 246 g/mol. The van der Waals surface area contributed by atoms with Gasteiger partial charge in [-0.2, -0.15) is 0 Å². The molecule has 5 heteroatoms. The van der Waals surface area contributed by atoms with Gasteiger partial charge in [0.15, 0.2) is 0 Å². The number of likely N-dealkylation sites (tertiary alicyclic amines) is 1. The second-order valence-electron chi connectivity index (χ2n) is 5.63. The highest BCUT2D eigenvalue weighted by Crippen LogP contribution is 2.49. The van der Waals surface area contributed by atoms with Crippen molar-refractivity contribution < 1.29 is 19.4 Å². The van der Waals surface area contributed by atoms with E-state index >= 15 is 0 Å². The van der Waals surface area contributed by atoms with E-state index in [1.807, 2.05) is 6.92 Å². The summed E-state index contributed by atoms with van der Waals surface area (Å²) in [4.78, 5) is 24.7. The van der Waals surface area contributed by atoms with E-state index in [2.05, 4.69) is 0 Å². The zero-order chi connectivity index (χ0) is 13.9. The Morgan fingerprint density at radius 2 is 1.84 bits per heavy atom. The van der Waals surface area contributed by atoms with Gasteiger partial charge in [-0.05, 0) is 38.5 Å². The molecule has 19 heavy (non-hydrogen) atoms. The average molecular weight is 269 g/mol. The lowest BCUT2D eigenvalue weighted by Crippen LogP contribution is -2.45. The summed E-state index contributed by atoms with van der Waals surface area (Å²) in [6.07, 6.45) is 4.69. The van der Waals surface area contributed by atoms with Crippen LogP contribution in [-0.4, -0.2) is 41.8 Å². The predicted octanol–water partition coefficient (Wildman–Crippen LogP) is 2.50. The Morgan fingerprint density at radius 3 is 2.32 bits per heavy atom. The summed E-state index contributed by atoms with van der Waals surface area (Å²) in [6.45, 7) is 3.35. The molecule has 1 heterocycles. The first-order valence-electron chi connectivity index (χ1n) is 7.25. The van der Waals surface area contributed by atoms with Gasteiger partial charge in [0.25, 0.3) is 0 Å². The van der Waals surface area contributed by atoms with Crippen LogP contribution in [0.2, 0.25) is 0 Å². The molecule has 0 spiro atoms. The smallest absolute Gasteiger partial charge is 0.407 e. The molecule has 1 saturated carbocycles. The monoisotopic (exact) mass is 269 g/mol. The van der Waals surface area contributed by atoms with Gasteiger partial charge in [0, 0.05) is 13.1 Å². The van der Waals surface area contributed by atoms with Gasteiger partial charge in [-0.15, -0.1) is 0 Å². The van der Waals surface area contributed by atoms with Gasteiger partial charge in [0.05, 0.1) is 12.0 Å². The number of carbonyl (C=O) groups is 2. The van der Waals surface area contributed by atoms with E-state index in [0.717, 1.165) is 38.5 Å². The SMILES string of the molecule is CCOC(=O)C1(C2CCN(C(=O)O)CC2)CCCC1. The number of rotatable bonds is 3. The van der Waals surface area contributed by atoms with E-state index < -0.39 is 6.09 Å². The molecule has 0 aromatic rings. The number of carbonyl (C=O) groups excluding carboxylic acids is 1. The maximum Gasteiger partial charge on any atom is 0.407 e. The molecule has 0 aromatic carbocycles. The van der Waals surface area contributed by atoms with Crippen LogP contribution in [-0.2, 0) is 9.53 Å². The second-order valence-corrected chi connectivity index (χ2v) is 5.63. The Hall–Kier alpha value is -1.26. The third-order valence-electron chi connectivity index (χ3n) is 4.72. The van der Waals surface area contributed by atoms with Gasteiger partial charge in [0.1, 0.15) is 0 Å². The van der Waals surface area contributed by atoms with E-state index in [-0.39, 0.29) is 17.3 Å². The lowest BCUT2D eigenvalue weighted by molar-refractivity contribution is -0.160. The van der Waals surface area contributed by atoms with Crippen molar-refractivity contribution in [1.29, 1.82) is 0 Å². The molecule has 0 aromatic heterocycles. The summed E-state index contributed by atoms with van der Waals surface area (Å²) >= 11 is 0. The number of hydrogen-bond donors (Lipinski definition) is 1. The molecular formula is C14H23NO4. The van der Waals surface area contributed by atoms with Gasteiger partial charge in [-0.1, -0.05) is 12.8 Å². The highest BCUT2D eigenvalue weighted by atomic mass is 16.5. The first-order valence-corrected chi connectivity index (χ1v) is 7.25. The minimum Gasteiger partial charge on any atom is -0.466 e. The van der Waals surface area contributed by atoms with E-state index in [1.54, 1.807) is 0 Å². The fraction of sp³-hybridized carbons (Fsp3) is 0.857. The molecule has 2 aliphatic rings. The highest BCUT2D eigenvalue weighted by Gasteiger charge is 2.49. The van der Waals surface area contributed by atoms with Crippen LogP contribution in [0.4, 0.5) is 4.79 Å². The summed E-state index contributed by atoms with van der Waals surface area (Å²) in [5.74, 6) is 0.228. The quantitative estimate of drug-likeness (QED) is 0.799. The molecule has 5 nitrogen and oxygen atoms in total. The molecule has 0 unspecified atom stereocenters. The van der Waals surface area contributed by atoms with E-state index in [1.165, 1.54) is 4.90 Å². The molecule has 1 aliphatic heterocycles. The number of nitrogens with zero attached hydrogens (tertiary/aromatic N) is 1. The van der Waals surface area contributed by atoms with Crippen molar-refractivity contribution in [1.82, 2.24) is 4.90 Å². The summed E-state index contributed by atoms with van der Waals surface area (Å²) in [7, 11) is 0. The molecule has 1 aliphatic carbocycles. The Bertz CT molecular complexity index is 341. The van der Waals surface area contributed by atoms with Crippen molar-refractivity contribution in [3.63, 3.8) is 0 Å². The zero-order valence-electron chi connectivity index (χ0n) is 11.6. The topological polar surface area (TPSA) is 66.8 Å². The van der Waals surface area contributed by atoms with Crippen LogP contribution >= 0.6 is 0 Å². The standard InChI is InChI=1S/C14H23NO4/c1-2-19-12(16)14(7-3-4-8-14)11-5-9-15(10-6-11)13(17)18/h11H,2-10H2,1H3,(H,17,18). The molecule has 0 bridgehead atoms. The minimum absolute atomic E-state index is 0.0544. The van der Waals surface area contributed by atoms with Gasteiger partial charge in [-0.3, -0.25) is 4.79 Å². The summed E-state index contributed by atoms with van der Waals surface area (Å²) in [5.41, 5.74) is -0.333. The summed E-state index contributed by atoms with van der Waals surface area (Å²) < 4.78 is 5.29. The maximum atomic E-state index is 12.3. The Kier molecular flexibility index (Phi) is 4.32. The largest absolute Gasteiger partial charge is 0.466 e. The van der Waals surface area contributed by atoms with E-state index in [0.29, 0.717) is 19.7 Å². The van der Waals surface area contributed by atoms with Crippen LogP contribution in [0.5, 0.6) is 0 Å². The van der Waals surface area contributed by atoms with Crippen LogP contribution < -0.4 is 0 Å². The lowest BCUT2D eigenvalue weighted by Gasteiger charge is -2.40. The molecule has 0 atom stereocenters. The predicted molar refractivity (Wildman–Crippen MR) is 69.9 cm³/mol. The fourth-order valence-electron chi connectivity index (χ4n) is 3.68. The molecule has 0 radical (unpaired) electrons. The zero-order valence-corrected chi connectivity index (χ0v) is 11.6. The second kappa shape index (κ2) is 5.80. The first kappa shape index (κ1) is 14.2. The van der Waals surface area contributed by atoms with Gasteiger partial charge in [0.2, 0.25) is 0 Å². The van der Waals surface area contributed by atoms with E-state index in [9.17, 15) is 9.59 Å². The average Bonchev–Trinajstić information content (AvgIpc) is 2.90. The third kappa shape index (κ3) is 2.69. The molecule has 1 N–H and O–H groups in total. The Morgan fingerprint density at radius 1 is 1.26 bits per heavy atom.